The van der Waals surface area contributed by atoms with E-state index < -0.39 is 0 Å². The van der Waals surface area contributed by atoms with Crippen molar-refractivity contribution in [1.82, 2.24) is 9.88 Å². The van der Waals surface area contributed by atoms with Crippen LogP contribution in [0.25, 0.3) is 0 Å². The molecule has 0 bridgehead atoms. The third kappa shape index (κ3) is 3.31. The second-order valence-electron chi connectivity index (χ2n) is 5.45. The molecule has 0 aliphatic carbocycles. The smallest absolute Gasteiger partial charge is 0.268 e. The first-order chi connectivity index (χ1) is 8.89. The summed E-state index contributed by atoms with van der Waals surface area (Å²) in [5.74, 6) is -0.0315. The van der Waals surface area contributed by atoms with Crippen molar-refractivity contribution >= 4 is 11.6 Å². The first-order valence-corrected chi connectivity index (χ1v) is 7.19. The van der Waals surface area contributed by atoms with E-state index in [9.17, 15) is 4.79 Å². The summed E-state index contributed by atoms with van der Waals surface area (Å²) < 4.78 is 1.93. The minimum absolute atomic E-state index is 0.0315. The van der Waals surface area contributed by atoms with E-state index >= 15 is 0 Å². The Morgan fingerprint density at radius 2 is 1.84 bits per heavy atom. The van der Waals surface area contributed by atoms with E-state index in [-0.39, 0.29) is 17.5 Å². The molecule has 0 radical (unpaired) electrons. The summed E-state index contributed by atoms with van der Waals surface area (Å²) in [5, 5.41) is 3.19. The Balaban J connectivity index is 3.01. The number of carbonyl (C=O) groups excluding carboxylic acids is 1. The third-order valence-electron chi connectivity index (χ3n) is 4.07. The molecular weight excluding hydrogens is 238 g/mol. The summed E-state index contributed by atoms with van der Waals surface area (Å²) in [5.41, 5.74) is 6.98. The van der Waals surface area contributed by atoms with Crippen LogP contribution in [-0.4, -0.2) is 16.0 Å². The summed E-state index contributed by atoms with van der Waals surface area (Å²) in [6.45, 7) is 10.4. The molecular formula is C15H27N3O. The van der Waals surface area contributed by atoms with E-state index in [0.29, 0.717) is 11.4 Å². The van der Waals surface area contributed by atoms with Crippen molar-refractivity contribution in [2.75, 3.05) is 5.73 Å². The Kier molecular flexibility index (Phi) is 5.04. The lowest BCUT2D eigenvalue weighted by atomic mass is 9.89. The van der Waals surface area contributed by atoms with Gasteiger partial charge >= 0.3 is 0 Å². The maximum Gasteiger partial charge on any atom is 0.268 e. The quantitative estimate of drug-likeness (QED) is 0.828. The van der Waals surface area contributed by atoms with Gasteiger partial charge in [0.1, 0.15) is 5.69 Å². The highest BCUT2D eigenvalue weighted by molar-refractivity contribution is 5.94. The number of carbonyl (C=O) groups is 1. The molecule has 0 spiro atoms. The third-order valence-corrected chi connectivity index (χ3v) is 4.07. The minimum Gasteiger partial charge on any atom is -0.397 e. The van der Waals surface area contributed by atoms with Crippen molar-refractivity contribution in [3.8, 4) is 0 Å². The van der Waals surface area contributed by atoms with Gasteiger partial charge in [-0.2, -0.15) is 0 Å². The van der Waals surface area contributed by atoms with Crippen LogP contribution in [0.2, 0.25) is 0 Å². The van der Waals surface area contributed by atoms with E-state index in [0.717, 1.165) is 19.3 Å². The highest BCUT2D eigenvalue weighted by atomic mass is 16.2. The summed E-state index contributed by atoms with van der Waals surface area (Å²) in [7, 11) is 0. The molecule has 0 aliphatic heterocycles. The molecule has 0 atom stereocenters. The van der Waals surface area contributed by atoms with Gasteiger partial charge in [0.2, 0.25) is 0 Å². The van der Waals surface area contributed by atoms with Gasteiger partial charge in [0.05, 0.1) is 5.69 Å². The summed E-state index contributed by atoms with van der Waals surface area (Å²) in [6.07, 6.45) is 4.63. The van der Waals surface area contributed by atoms with Crippen LogP contribution in [0, 0.1) is 0 Å². The molecule has 3 N–H and O–H groups in total. The highest BCUT2D eigenvalue weighted by Gasteiger charge is 2.27. The van der Waals surface area contributed by atoms with Gasteiger partial charge in [0.15, 0.2) is 0 Å². The molecule has 0 aromatic carbocycles. The van der Waals surface area contributed by atoms with Crippen molar-refractivity contribution in [1.29, 1.82) is 0 Å². The van der Waals surface area contributed by atoms with Crippen molar-refractivity contribution in [2.24, 2.45) is 0 Å². The number of nitrogens with one attached hydrogen (secondary N) is 1. The SMILES string of the molecule is CCC(CC)(CC)NC(=O)c1cc(N)cn1C(C)C. The van der Waals surface area contributed by atoms with E-state index in [1.165, 1.54) is 0 Å². The molecule has 19 heavy (non-hydrogen) atoms. The van der Waals surface area contributed by atoms with Gasteiger partial charge < -0.3 is 15.6 Å². The largest absolute Gasteiger partial charge is 0.397 e. The number of nitrogens with two attached hydrogens (primary N) is 1. The molecule has 0 fully saturated rings. The average Bonchev–Trinajstić information content (AvgIpc) is 2.78. The van der Waals surface area contributed by atoms with E-state index in [4.69, 9.17) is 5.73 Å². The number of nitrogen functional groups attached to an aromatic ring is 1. The van der Waals surface area contributed by atoms with E-state index in [2.05, 4.69) is 26.1 Å². The van der Waals surface area contributed by atoms with Crippen LogP contribution in [0.1, 0.15) is 70.4 Å². The highest BCUT2D eigenvalue weighted by Crippen LogP contribution is 2.22. The topological polar surface area (TPSA) is 60.1 Å². The normalized spacial score (nSPS) is 11.9. The van der Waals surface area contributed by atoms with E-state index in [1.54, 1.807) is 6.07 Å². The Labute approximate surface area is 116 Å². The van der Waals surface area contributed by atoms with Gasteiger partial charge in [0, 0.05) is 17.8 Å². The number of rotatable bonds is 6. The van der Waals surface area contributed by atoms with Crippen molar-refractivity contribution in [3.05, 3.63) is 18.0 Å². The number of anilines is 1. The molecule has 1 amide bonds. The van der Waals surface area contributed by atoms with Crippen molar-refractivity contribution in [2.45, 2.75) is 65.5 Å². The second-order valence-corrected chi connectivity index (χ2v) is 5.45. The minimum atomic E-state index is -0.113. The summed E-state index contributed by atoms with van der Waals surface area (Å²) >= 11 is 0. The van der Waals surface area contributed by atoms with Gasteiger partial charge in [-0.3, -0.25) is 4.79 Å². The molecule has 0 aliphatic rings. The van der Waals surface area contributed by atoms with Gasteiger partial charge in [-0.1, -0.05) is 20.8 Å². The van der Waals surface area contributed by atoms with E-state index in [1.807, 2.05) is 24.6 Å². The monoisotopic (exact) mass is 265 g/mol. The predicted molar refractivity (Wildman–Crippen MR) is 80.3 cm³/mol. The Morgan fingerprint density at radius 3 is 2.26 bits per heavy atom. The predicted octanol–water partition coefficient (Wildman–Crippen LogP) is 3.35. The second kappa shape index (κ2) is 6.13. The molecule has 4 heteroatoms. The Hall–Kier alpha value is -1.45. The van der Waals surface area contributed by atoms with Crippen LogP contribution < -0.4 is 11.1 Å². The van der Waals surface area contributed by atoms with Crippen LogP contribution in [0.15, 0.2) is 12.3 Å². The molecule has 1 aromatic rings. The molecule has 1 heterocycles. The number of hydrogen-bond acceptors (Lipinski definition) is 2. The summed E-state index contributed by atoms with van der Waals surface area (Å²) in [6, 6.07) is 1.97. The van der Waals surface area contributed by atoms with Crippen molar-refractivity contribution in [3.63, 3.8) is 0 Å². The maximum atomic E-state index is 12.5. The van der Waals surface area contributed by atoms with Crippen LogP contribution in [0.4, 0.5) is 5.69 Å². The van der Waals surface area contributed by atoms with Gasteiger partial charge in [0.25, 0.3) is 5.91 Å². The first-order valence-electron chi connectivity index (χ1n) is 7.19. The van der Waals surface area contributed by atoms with Crippen LogP contribution in [0.3, 0.4) is 0 Å². The van der Waals surface area contributed by atoms with Gasteiger partial charge in [-0.15, -0.1) is 0 Å². The number of hydrogen-bond donors (Lipinski definition) is 2. The molecule has 1 aromatic heterocycles. The molecule has 0 saturated carbocycles. The van der Waals surface area contributed by atoms with Gasteiger partial charge in [-0.25, -0.2) is 0 Å². The molecule has 0 unspecified atom stereocenters. The van der Waals surface area contributed by atoms with Crippen molar-refractivity contribution < 1.29 is 4.79 Å². The average molecular weight is 265 g/mol. The Morgan fingerprint density at radius 1 is 1.32 bits per heavy atom. The number of nitrogens with zero attached hydrogens (tertiary/aromatic N) is 1. The lowest BCUT2D eigenvalue weighted by Crippen LogP contribution is -2.47. The number of aromatic nitrogens is 1. The van der Waals surface area contributed by atoms with Crippen LogP contribution in [0.5, 0.6) is 0 Å². The molecule has 0 saturated heterocycles. The zero-order chi connectivity index (χ0) is 14.6. The summed E-state index contributed by atoms with van der Waals surface area (Å²) in [4.78, 5) is 12.5. The fraction of sp³-hybridized carbons (Fsp3) is 0.667. The fourth-order valence-corrected chi connectivity index (χ4v) is 2.43. The molecule has 4 nitrogen and oxygen atoms in total. The maximum absolute atomic E-state index is 12.5. The van der Waals surface area contributed by atoms with Gasteiger partial charge in [-0.05, 0) is 39.2 Å². The Bertz CT molecular complexity index is 422. The number of amides is 1. The standard InChI is InChI=1S/C15H27N3O/c1-6-15(7-2,8-3)17-14(19)13-9-12(16)10-18(13)11(4)5/h9-11H,6-8,16H2,1-5H3,(H,17,19). The molecule has 1 rings (SSSR count). The first kappa shape index (κ1) is 15.6. The van der Waals surface area contributed by atoms with Crippen LogP contribution >= 0.6 is 0 Å². The zero-order valence-electron chi connectivity index (χ0n) is 12.8. The fourth-order valence-electron chi connectivity index (χ4n) is 2.43. The zero-order valence-corrected chi connectivity index (χ0v) is 12.8. The van der Waals surface area contributed by atoms with Crippen LogP contribution in [-0.2, 0) is 0 Å². The lowest BCUT2D eigenvalue weighted by Gasteiger charge is -2.32. The lowest BCUT2D eigenvalue weighted by molar-refractivity contribution is 0.0877. The molecule has 108 valence electrons.